The van der Waals surface area contributed by atoms with Gasteiger partial charge in [0.25, 0.3) is 0 Å². The van der Waals surface area contributed by atoms with E-state index in [2.05, 4.69) is 25.9 Å². The van der Waals surface area contributed by atoms with Gasteiger partial charge in [-0.3, -0.25) is 4.79 Å². The van der Waals surface area contributed by atoms with Crippen molar-refractivity contribution in [3.8, 4) is 0 Å². The van der Waals surface area contributed by atoms with Gasteiger partial charge in [-0.15, -0.1) is 11.3 Å². The molecule has 0 unspecified atom stereocenters. The van der Waals surface area contributed by atoms with Crippen LogP contribution in [-0.4, -0.2) is 9.97 Å². The Morgan fingerprint density at radius 2 is 2.38 bits per heavy atom. The average Bonchev–Trinajstić information content (AvgIpc) is 2.65. The van der Waals surface area contributed by atoms with Crippen LogP contribution in [0.4, 0.5) is 0 Å². The van der Waals surface area contributed by atoms with E-state index in [4.69, 9.17) is 0 Å². The normalized spacial score (nSPS) is 11.8. The zero-order valence-corrected chi connectivity index (χ0v) is 10.9. The quantitative estimate of drug-likeness (QED) is 0.926. The fourth-order valence-corrected chi connectivity index (χ4v) is 2.27. The Morgan fingerprint density at radius 1 is 1.56 bits per heavy atom. The van der Waals surface area contributed by atoms with Crippen LogP contribution in [0, 0.1) is 6.92 Å². The maximum absolute atomic E-state index is 10.9. The van der Waals surface area contributed by atoms with E-state index in [0.717, 1.165) is 20.7 Å². The van der Waals surface area contributed by atoms with Crippen molar-refractivity contribution in [2.24, 2.45) is 0 Å². The largest absolute Gasteiger partial charge is 0.328 e. The van der Waals surface area contributed by atoms with E-state index in [-0.39, 0.29) is 5.56 Å². The molecule has 0 aliphatic heterocycles. The van der Waals surface area contributed by atoms with Gasteiger partial charge in [0.15, 0.2) is 0 Å². The Labute approximate surface area is 105 Å². The highest BCUT2D eigenvalue weighted by molar-refractivity contribution is 9.15. The summed E-state index contributed by atoms with van der Waals surface area (Å²) in [5.74, 6) is 0. The lowest BCUT2D eigenvalue weighted by molar-refractivity contribution is 1.23. The minimum atomic E-state index is -0.103. The molecule has 2 aromatic rings. The summed E-state index contributed by atoms with van der Waals surface area (Å²) in [6.07, 6.45) is 3.60. The van der Waals surface area contributed by atoms with E-state index in [1.807, 2.05) is 18.4 Å². The topological polar surface area (TPSA) is 45.8 Å². The number of thiazole rings is 1. The van der Waals surface area contributed by atoms with Crippen LogP contribution in [0.15, 0.2) is 28.5 Å². The third kappa shape index (κ3) is 2.68. The van der Waals surface area contributed by atoms with Crippen LogP contribution in [0.25, 0.3) is 10.6 Å². The number of halogens is 1. The van der Waals surface area contributed by atoms with Crippen molar-refractivity contribution < 1.29 is 0 Å². The lowest BCUT2D eigenvalue weighted by atomic mass is 10.2. The Bertz CT molecular complexity index is 565. The summed E-state index contributed by atoms with van der Waals surface area (Å²) in [5, 5.41) is 3.02. The molecule has 0 saturated heterocycles. The molecule has 0 saturated carbocycles. The summed E-state index contributed by atoms with van der Waals surface area (Å²) in [6.45, 7) is 1.97. The maximum Gasteiger partial charge on any atom is 0.247 e. The summed E-state index contributed by atoms with van der Waals surface area (Å²) in [4.78, 5) is 17.9. The number of aromatic amines is 1. The highest BCUT2D eigenvalue weighted by atomic mass is 79.9. The van der Waals surface area contributed by atoms with Gasteiger partial charge < -0.3 is 4.98 Å². The molecule has 0 fully saturated rings. The van der Waals surface area contributed by atoms with E-state index < -0.39 is 0 Å². The highest BCUT2D eigenvalue weighted by Gasteiger charge is 2.00. The monoisotopic (exact) mass is 296 g/mol. The zero-order chi connectivity index (χ0) is 11.5. The minimum Gasteiger partial charge on any atom is -0.328 e. The molecule has 82 valence electrons. The molecule has 0 aliphatic carbocycles. The first-order valence-electron chi connectivity index (χ1n) is 4.63. The molecule has 16 heavy (non-hydrogen) atoms. The van der Waals surface area contributed by atoms with Gasteiger partial charge in [-0.1, -0.05) is 15.9 Å². The van der Waals surface area contributed by atoms with E-state index in [1.54, 1.807) is 23.6 Å². The van der Waals surface area contributed by atoms with Gasteiger partial charge in [-0.25, -0.2) is 4.98 Å². The number of nitrogens with one attached hydrogen (secondary N) is 1. The van der Waals surface area contributed by atoms with Gasteiger partial charge in [-0.05, 0) is 19.1 Å². The average molecular weight is 297 g/mol. The van der Waals surface area contributed by atoms with Gasteiger partial charge in [0.1, 0.15) is 0 Å². The van der Waals surface area contributed by atoms with Gasteiger partial charge in [0.05, 0.1) is 10.7 Å². The molecule has 2 heterocycles. The molecule has 3 nitrogen and oxygen atoms in total. The fourth-order valence-electron chi connectivity index (χ4n) is 1.22. The lowest BCUT2D eigenvalue weighted by Gasteiger charge is -1.97. The number of nitrogens with zero attached hydrogens (tertiary/aromatic N) is 1. The van der Waals surface area contributed by atoms with Crippen LogP contribution in [0.1, 0.15) is 16.3 Å². The second-order valence-corrected chi connectivity index (χ2v) is 5.14. The van der Waals surface area contributed by atoms with Gasteiger partial charge in [0.2, 0.25) is 5.56 Å². The smallest absolute Gasteiger partial charge is 0.247 e. The molecule has 0 aliphatic rings. The third-order valence-corrected chi connectivity index (χ3v) is 3.45. The summed E-state index contributed by atoms with van der Waals surface area (Å²) in [6, 6.07) is 3.26. The van der Waals surface area contributed by atoms with Crippen LogP contribution < -0.4 is 5.56 Å². The van der Waals surface area contributed by atoms with E-state index in [9.17, 15) is 4.79 Å². The number of rotatable bonds is 2. The van der Waals surface area contributed by atoms with Crippen molar-refractivity contribution in [2.45, 2.75) is 6.92 Å². The van der Waals surface area contributed by atoms with Crippen molar-refractivity contribution in [3.63, 3.8) is 0 Å². The predicted molar refractivity (Wildman–Crippen MR) is 70.7 cm³/mol. The first kappa shape index (κ1) is 11.3. The number of hydrogen-bond donors (Lipinski definition) is 1. The molecule has 0 spiro atoms. The van der Waals surface area contributed by atoms with Gasteiger partial charge in [0, 0.05) is 27.7 Å². The van der Waals surface area contributed by atoms with Crippen molar-refractivity contribution in [1.82, 2.24) is 9.97 Å². The summed E-state index contributed by atoms with van der Waals surface area (Å²) in [7, 11) is 0. The van der Waals surface area contributed by atoms with Crippen molar-refractivity contribution in [1.29, 1.82) is 0 Å². The molecule has 1 N–H and O–H groups in total. The molecule has 0 radical (unpaired) electrons. The number of H-pyrrole nitrogens is 1. The van der Waals surface area contributed by atoms with Gasteiger partial charge >= 0.3 is 0 Å². The first-order chi connectivity index (χ1) is 7.65. The molecule has 2 rings (SSSR count). The van der Waals surface area contributed by atoms with E-state index in [1.165, 1.54) is 6.07 Å². The van der Waals surface area contributed by atoms with Crippen molar-refractivity contribution >= 4 is 37.8 Å². The Morgan fingerprint density at radius 3 is 2.94 bits per heavy atom. The summed E-state index contributed by atoms with van der Waals surface area (Å²) < 4.78 is 0.897. The Balaban J connectivity index is 2.31. The molecular weight excluding hydrogens is 288 g/mol. The SMILES string of the molecule is Cc1nc(/C=C(/Br)c2ccc(=O)[nH]c2)cs1. The molecule has 2 aromatic heterocycles. The summed E-state index contributed by atoms with van der Waals surface area (Å²) >= 11 is 5.07. The lowest BCUT2D eigenvalue weighted by Crippen LogP contribution is -2.01. The molecule has 0 amide bonds. The van der Waals surface area contributed by atoms with Crippen molar-refractivity contribution in [2.75, 3.05) is 0 Å². The molecule has 0 aromatic carbocycles. The number of aromatic nitrogens is 2. The highest BCUT2D eigenvalue weighted by Crippen LogP contribution is 2.23. The van der Waals surface area contributed by atoms with Crippen LogP contribution in [0.2, 0.25) is 0 Å². The minimum absolute atomic E-state index is 0.103. The number of pyridine rings is 1. The zero-order valence-electron chi connectivity index (χ0n) is 8.53. The number of hydrogen-bond acceptors (Lipinski definition) is 3. The fraction of sp³-hybridized carbons (Fsp3) is 0.0909. The van der Waals surface area contributed by atoms with Crippen LogP contribution in [-0.2, 0) is 0 Å². The molecule has 0 bridgehead atoms. The Hall–Kier alpha value is -1.20. The van der Waals surface area contributed by atoms with Crippen LogP contribution in [0.3, 0.4) is 0 Å². The van der Waals surface area contributed by atoms with Crippen LogP contribution in [0.5, 0.6) is 0 Å². The van der Waals surface area contributed by atoms with E-state index in [0.29, 0.717) is 0 Å². The Kier molecular flexibility index (Phi) is 3.36. The number of aryl methyl sites for hydroxylation is 1. The van der Waals surface area contributed by atoms with E-state index >= 15 is 0 Å². The van der Waals surface area contributed by atoms with Crippen LogP contribution >= 0.6 is 27.3 Å². The van der Waals surface area contributed by atoms with Gasteiger partial charge in [-0.2, -0.15) is 0 Å². The summed E-state index contributed by atoms with van der Waals surface area (Å²) in [5.41, 5.74) is 1.74. The standard InChI is InChI=1S/C11H9BrN2OS/c1-7-14-9(6-16-7)4-10(12)8-2-3-11(15)13-5-8/h2-6H,1H3,(H,13,15)/b10-4+. The second-order valence-electron chi connectivity index (χ2n) is 3.23. The third-order valence-electron chi connectivity index (χ3n) is 1.97. The molecule has 5 heteroatoms. The predicted octanol–water partition coefficient (Wildman–Crippen LogP) is 3.03. The van der Waals surface area contributed by atoms with Crippen molar-refractivity contribution in [3.05, 3.63) is 50.3 Å². The molecular formula is C11H9BrN2OS. The molecule has 0 atom stereocenters. The second kappa shape index (κ2) is 4.76. The maximum atomic E-state index is 10.9. The first-order valence-corrected chi connectivity index (χ1v) is 6.31.